The maximum atomic E-state index is 14.6. The standard InChI is InChI=1S/C22H19FN2O3/c1-12-20(15-6-4-5-7-19(15)25-12)21(22(28)24-3)17(11-26)16-10-14(13(2)27)8-9-18(16)23/h4-11,25H,1-3H3,(H,24,28)/b21-17+. The van der Waals surface area contributed by atoms with Crippen molar-refractivity contribution in [3.63, 3.8) is 0 Å². The average Bonchev–Trinajstić information content (AvgIpc) is 3.01. The molecule has 0 fully saturated rings. The van der Waals surface area contributed by atoms with Crippen molar-refractivity contribution >= 4 is 40.0 Å². The molecule has 0 atom stereocenters. The zero-order valence-corrected chi connectivity index (χ0v) is 15.7. The molecule has 0 saturated heterocycles. The maximum absolute atomic E-state index is 14.6. The number of hydrogen-bond donors (Lipinski definition) is 2. The number of aromatic amines is 1. The molecule has 142 valence electrons. The number of carbonyl (C=O) groups excluding carboxylic acids is 3. The minimum Gasteiger partial charge on any atom is -0.358 e. The van der Waals surface area contributed by atoms with E-state index in [4.69, 9.17) is 0 Å². The average molecular weight is 378 g/mol. The zero-order chi connectivity index (χ0) is 20.4. The topological polar surface area (TPSA) is 79.0 Å². The molecule has 3 rings (SSSR count). The molecule has 1 amide bonds. The number of allylic oxidation sites excluding steroid dienone is 1. The van der Waals surface area contributed by atoms with Gasteiger partial charge in [0.15, 0.2) is 12.1 Å². The molecule has 2 N–H and O–H groups in total. The fraction of sp³-hybridized carbons (Fsp3) is 0.136. The lowest BCUT2D eigenvalue weighted by atomic mass is 9.91. The lowest BCUT2D eigenvalue weighted by molar-refractivity contribution is -0.115. The maximum Gasteiger partial charge on any atom is 0.252 e. The van der Waals surface area contributed by atoms with Gasteiger partial charge in [0, 0.05) is 45.9 Å². The van der Waals surface area contributed by atoms with Crippen LogP contribution in [-0.4, -0.2) is 30.0 Å². The number of halogens is 1. The molecule has 0 spiro atoms. The Morgan fingerprint density at radius 1 is 1.14 bits per heavy atom. The first kappa shape index (κ1) is 19.2. The Hall–Kier alpha value is -3.54. The Morgan fingerprint density at radius 3 is 2.50 bits per heavy atom. The third-order valence-electron chi connectivity index (χ3n) is 4.65. The molecule has 0 saturated carbocycles. The number of para-hydroxylation sites is 1. The summed E-state index contributed by atoms with van der Waals surface area (Å²) in [5.74, 6) is -1.48. The Morgan fingerprint density at radius 2 is 1.86 bits per heavy atom. The number of Topliss-reactive ketones (excluding diaryl/α,β-unsaturated/α-hetero) is 1. The number of H-pyrrole nitrogens is 1. The number of ketones is 1. The number of nitrogens with one attached hydrogen (secondary N) is 2. The fourth-order valence-corrected chi connectivity index (χ4v) is 3.30. The van der Waals surface area contributed by atoms with Gasteiger partial charge in [0.2, 0.25) is 0 Å². The molecular weight excluding hydrogens is 359 g/mol. The molecule has 2 aromatic carbocycles. The highest BCUT2D eigenvalue weighted by atomic mass is 19.1. The third-order valence-corrected chi connectivity index (χ3v) is 4.65. The summed E-state index contributed by atoms with van der Waals surface area (Å²) in [6.07, 6.45) is 0.452. The van der Waals surface area contributed by atoms with Crippen LogP contribution in [0.2, 0.25) is 0 Å². The number of amides is 1. The molecule has 0 unspecified atom stereocenters. The summed E-state index contributed by atoms with van der Waals surface area (Å²) in [4.78, 5) is 39.7. The summed E-state index contributed by atoms with van der Waals surface area (Å²) in [6, 6.07) is 11.1. The highest BCUT2D eigenvalue weighted by Crippen LogP contribution is 2.34. The van der Waals surface area contributed by atoms with Gasteiger partial charge in [-0.2, -0.15) is 0 Å². The van der Waals surface area contributed by atoms with Gasteiger partial charge in [-0.15, -0.1) is 0 Å². The van der Waals surface area contributed by atoms with E-state index in [2.05, 4.69) is 10.3 Å². The summed E-state index contributed by atoms with van der Waals surface area (Å²) in [7, 11) is 1.44. The largest absolute Gasteiger partial charge is 0.358 e. The minimum atomic E-state index is -0.689. The van der Waals surface area contributed by atoms with E-state index in [9.17, 15) is 18.8 Å². The summed E-state index contributed by atoms with van der Waals surface area (Å²) < 4.78 is 14.6. The summed E-state index contributed by atoms with van der Waals surface area (Å²) >= 11 is 0. The SMILES string of the molecule is CNC(=O)/C(=C(\C=O)c1cc(C(C)=O)ccc1F)c1c(C)[nH]c2ccccc12. The predicted octanol–water partition coefficient (Wildman–Crippen LogP) is 3.67. The van der Waals surface area contributed by atoms with Crippen molar-refractivity contribution in [3.05, 3.63) is 70.7 Å². The normalized spacial score (nSPS) is 11.9. The molecule has 3 aromatic rings. The number of aromatic nitrogens is 1. The molecule has 0 aliphatic rings. The number of hydrogen-bond acceptors (Lipinski definition) is 3. The van der Waals surface area contributed by atoms with E-state index >= 15 is 0 Å². The molecule has 1 aromatic heterocycles. The Balaban J connectivity index is 2.42. The third kappa shape index (κ3) is 3.24. The van der Waals surface area contributed by atoms with E-state index in [-0.39, 0.29) is 28.1 Å². The Bertz CT molecular complexity index is 1140. The molecular formula is C22H19FN2O3. The molecule has 0 aliphatic heterocycles. The fourth-order valence-electron chi connectivity index (χ4n) is 3.30. The minimum absolute atomic E-state index is 0.0482. The number of carbonyl (C=O) groups is 3. The van der Waals surface area contributed by atoms with Gasteiger partial charge in [0.25, 0.3) is 5.91 Å². The number of rotatable bonds is 5. The van der Waals surface area contributed by atoms with E-state index in [1.807, 2.05) is 24.3 Å². The van der Waals surface area contributed by atoms with Crippen LogP contribution < -0.4 is 5.32 Å². The van der Waals surface area contributed by atoms with Crippen LogP contribution >= 0.6 is 0 Å². The lowest BCUT2D eigenvalue weighted by Gasteiger charge is -2.13. The zero-order valence-electron chi connectivity index (χ0n) is 15.7. The molecule has 0 radical (unpaired) electrons. The highest BCUT2D eigenvalue weighted by molar-refractivity contribution is 6.37. The quantitative estimate of drug-likeness (QED) is 0.404. The number of aryl methyl sites for hydroxylation is 1. The highest BCUT2D eigenvalue weighted by Gasteiger charge is 2.25. The molecule has 5 nitrogen and oxygen atoms in total. The van der Waals surface area contributed by atoms with Crippen LogP contribution in [0, 0.1) is 12.7 Å². The first-order valence-electron chi connectivity index (χ1n) is 8.69. The molecule has 1 heterocycles. The number of fused-ring (bicyclic) bond motifs is 1. The van der Waals surface area contributed by atoms with E-state index in [0.29, 0.717) is 17.5 Å². The smallest absolute Gasteiger partial charge is 0.252 e. The Kier molecular flexibility index (Phi) is 5.22. The van der Waals surface area contributed by atoms with Crippen LogP contribution in [0.4, 0.5) is 4.39 Å². The predicted molar refractivity (Wildman–Crippen MR) is 106 cm³/mol. The van der Waals surface area contributed by atoms with Crippen molar-refractivity contribution in [1.29, 1.82) is 0 Å². The number of aldehydes is 1. The van der Waals surface area contributed by atoms with Crippen molar-refractivity contribution in [3.8, 4) is 0 Å². The van der Waals surface area contributed by atoms with Gasteiger partial charge in [-0.1, -0.05) is 18.2 Å². The van der Waals surface area contributed by atoms with Crippen LogP contribution in [0.3, 0.4) is 0 Å². The van der Waals surface area contributed by atoms with Gasteiger partial charge >= 0.3 is 0 Å². The van der Waals surface area contributed by atoms with Gasteiger partial charge in [-0.3, -0.25) is 14.4 Å². The second kappa shape index (κ2) is 7.60. The van der Waals surface area contributed by atoms with Gasteiger partial charge in [0.05, 0.1) is 5.57 Å². The van der Waals surface area contributed by atoms with Crippen LogP contribution in [0.1, 0.15) is 34.1 Å². The summed E-state index contributed by atoms with van der Waals surface area (Å²) in [6.45, 7) is 3.13. The van der Waals surface area contributed by atoms with E-state index in [1.54, 1.807) is 6.92 Å². The first-order chi connectivity index (χ1) is 13.4. The first-order valence-corrected chi connectivity index (χ1v) is 8.69. The molecule has 0 aliphatic carbocycles. The van der Waals surface area contributed by atoms with E-state index < -0.39 is 11.7 Å². The van der Waals surface area contributed by atoms with Crippen molar-refractivity contribution in [2.45, 2.75) is 13.8 Å². The van der Waals surface area contributed by atoms with Gasteiger partial charge in [-0.05, 0) is 38.1 Å². The number of benzene rings is 2. The van der Waals surface area contributed by atoms with Crippen molar-refractivity contribution < 1.29 is 18.8 Å². The number of likely N-dealkylation sites (N-methyl/N-ethyl adjacent to an activating group) is 1. The Labute approximate surface area is 161 Å². The van der Waals surface area contributed by atoms with E-state index in [1.165, 1.54) is 26.1 Å². The van der Waals surface area contributed by atoms with Gasteiger partial charge < -0.3 is 10.3 Å². The van der Waals surface area contributed by atoms with Crippen LogP contribution in [0.25, 0.3) is 22.0 Å². The van der Waals surface area contributed by atoms with Crippen molar-refractivity contribution in [2.24, 2.45) is 0 Å². The van der Waals surface area contributed by atoms with Crippen LogP contribution in [0.15, 0.2) is 42.5 Å². The molecule has 0 bridgehead atoms. The van der Waals surface area contributed by atoms with E-state index in [0.717, 1.165) is 17.0 Å². The van der Waals surface area contributed by atoms with Gasteiger partial charge in [-0.25, -0.2) is 4.39 Å². The van der Waals surface area contributed by atoms with Crippen molar-refractivity contribution in [1.82, 2.24) is 10.3 Å². The monoisotopic (exact) mass is 378 g/mol. The van der Waals surface area contributed by atoms with Crippen molar-refractivity contribution in [2.75, 3.05) is 7.05 Å². The van der Waals surface area contributed by atoms with Crippen LogP contribution in [-0.2, 0) is 9.59 Å². The lowest BCUT2D eigenvalue weighted by Crippen LogP contribution is -2.21. The molecule has 28 heavy (non-hydrogen) atoms. The summed E-state index contributed by atoms with van der Waals surface area (Å²) in [5, 5.41) is 3.26. The second-order valence-electron chi connectivity index (χ2n) is 6.41. The summed E-state index contributed by atoms with van der Waals surface area (Å²) in [5.41, 5.74) is 2.07. The van der Waals surface area contributed by atoms with Gasteiger partial charge in [0.1, 0.15) is 5.82 Å². The van der Waals surface area contributed by atoms with Crippen LogP contribution in [0.5, 0.6) is 0 Å². The molecule has 6 heteroatoms. The second-order valence-corrected chi connectivity index (χ2v) is 6.41.